The van der Waals surface area contributed by atoms with Gasteiger partial charge in [-0.1, -0.05) is 57.8 Å². The molecule has 0 unspecified atom stereocenters. The summed E-state index contributed by atoms with van der Waals surface area (Å²) in [6.45, 7) is 1.97. The van der Waals surface area contributed by atoms with Crippen molar-refractivity contribution in [1.29, 1.82) is 5.26 Å². The topological polar surface area (TPSA) is 85.2 Å². The van der Waals surface area contributed by atoms with Gasteiger partial charge in [-0.3, -0.25) is 9.59 Å². The Bertz CT molecular complexity index is 570. The predicted octanol–water partition coefficient (Wildman–Crippen LogP) is 3.79. The first-order valence-corrected chi connectivity index (χ1v) is 11.6. The number of carbonyl (C=O) groups excluding carboxylic acids is 2. The number of hydrogen-bond acceptors (Lipinski definition) is 4. The molecule has 1 aliphatic carbocycles. The lowest BCUT2D eigenvalue weighted by Crippen LogP contribution is -2.32. The zero-order valence-corrected chi connectivity index (χ0v) is 17.9. The van der Waals surface area contributed by atoms with Crippen LogP contribution in [0.3, 0.4) is 0 Å². The molecule has 0 aromatic heterocycles. The minimum Gasteiger partial charge on any atom is -0.387 e. The second-order valence-corrected chi connectivity index (χ2v) is 8.39. The van der Waals surface area contributed by atoms with E-state index in [4.69, 9.17) is 0 Å². The molecule has 0 spiro atoms. The fraction of sp³-hybridized carbons (Fsp3) is 0.783. The minimum absolute atomic E-state index is 0.133. The molecule has 1 saturated heterocycles. The molecular weight excluding hydrogens is 364 g/mol. The Hall–Kier alpha value is -2.03. The summed E-state index contributed by atoms with van der Waals surface area (Å²) < 4.78 is 0. The minimum atomic E-state index is -0.332. The van der Waals surface area contributed by atoms with Crippen LogP contribution in [0.4, 0.5) is 0 Å². The summed E-state index contributed by atoms with van der Waals surface area (Å²) in [7, 11) is 0. The summed E-state index contributed by atoms with van der Waals surface area (Å²) in [6.07, 6.45) is 17.7. The van der Waals surface area contributed by atoms with Gasteiger partial charge < -0.3 is 15.5 Å². The molecule has 2 aliphatic rings. The SMILES string of the molecule is N#C/C(=C/NC1CCCCCCCCCCC1)C(=O)NCCCN1CCCC1=O. The summed E-state index contributed by atoms with van der Waals surface area (Å²) in [6, 6.07) is 2.36. The molecule has 6 heteroatoms. The molecule has 2 fully saturated rings. The number of nitrogens with one attached hydrogen (secondary N) is 2. The first kappa shape index (κ1) is 23.3. The van der Waals surface area contributed by atoms with E-state index in [9.17, 15) is 14.9 Å². The second kappa shape index (κ2) is 14.0. The molecule has 0 radical (unpaired) electrons. The Morgan fingerprint density at radius 3 is 2.21 bits per heavy atom. The van der Waals surface area contributed by atoms with Crippen molar-refractivity contribution in [2.24, 2.45) is 0 Å². The van der Waals surface area contributed by atoms with Crippen molar-refractivity contribution in [3.05, 3.63) is 11.8 Å². The third-order valence-electron chi connectivity index (χ3n) is 6.00. The molecule has 1 saturated carbocycles. The van der Waals surface area contributed by atoms with Crippen molar-refractivity contribution in [3.8, 4) is 6.07 Å². The highest BCUT2D eigenvalue weighted by molar-refractivity contribution is 5.97. The van der Waals surface area contributed by atoms with Crippen LogP contribution in [-0.2, 0) is 9.59 Å². The second-order valence-electron chi connectivity index (χ2n) is 8.39. The lowest BCUT2D eigenvalue weighted by atomic mass is 9.98. The van der Waals surface area contributed by atoms with E-state index in [1.807, 2.05) is 11.0 Å². The maximum Gasteiger partial charge on any atom is 0.263 e. The van der Waals surface area contributed by atoms with Crippen LogP contribution in [0.15, 0.2) is 11.8 Å². The number of amides is 2. The highest BCUT2D eigenvalue weighted by Crippen LogP contribution is 2.17. The van der Waals surface area contributed by atoms with Gasteiger partial charge in [-0.15, -0.1) is 0 Å². The van der Waals surface area contributed by atoms with E-state index in [1.165, 1.54) is 57.8 Å². The summed E-state index contributed by atoms with van der Waals surface area (Å²) in [5, 5.41) is 15.5. The highest BCUT2D eigenvalue weighted by Gasteiger charge is 2.19. The molecule has 0 aromatic rings. The zero-order chi connectivity index (χ0) is 20.7. The molecule has 2 amide bonds. The van der Waals surface area contributed by atoms with Crippen LogP contribution in [0.5, 0.6) is 0 Å². The van der Waals surface area contributed by atoms with Gasteiger partial charge in [0.25, 0.3) is 5.91 Å². The molecule has 0 atom stereocenters. The van der Waals surface area contributed by atoms with Crippen molar-refractivity contribution < 1.29 is 9.59 Å². The summed E-state index contributed by atoms with van der Waals surface area (Å²) in [4.78, 5) is 25.7. The van der Waals surface area contributed by atoms with E-state index < -0.39 is 0 Å². The van der Waals surface area contributed by atoms with E-state index in [0.29, 0.717) is 32.0 Å². The first-order valence-electron chi connectivity index (χ1n) is 11.6. The molecular formula is C23H38N4O2. The molecule has 0 aromatic carbocycles. The van der Waals surface area contributed by atoms with Gasteiger partial charge in [-0.2, -0.15) is 5.26 Å². The van der Waals surface area contributed by atoms with Crippen LogP contribution >= 0.6 is 0 Å². The van der Waals surface area contributed by atoms with Gasteiger partial charge in [0.2, 0.25) is 5.91 Å². The number of likely N-dealkylation sites (tertiary alicyclic amines) is 1. The molecule has 29 heavy (non-hydrogen) atoms. The van der Waals surface area contributed by atoms with E-state index in [2.05, 4.69) is 10.6 Å². The smallest absolute Gasteiger partial charge is 0.263 e. The number of nitriles is 1. The molecule has 2 rings (SSSR count). The van der Waals surface area contributed by atoms with Gasteiger partial charge in [0.15, 0.2) is 0 Å². The van der Waals surface area contributed by atoms with Crippen molar-refractivity contribution in [2.45, 2.75) is 95.9 Å². The normalized spacial score (nSPS) is 20.4. The summed E-state index contributed by atoms with van der Waals surface area (Å²) in [5.74, 6) is -0.129. The predicted molar refractivity (Wildman–Crippen MR) is 115 cm³/mol. The summed E-state index contributed by atoms with van der Waals surface area (Å²) >= 11 is 0. The lowest BCUT2D eigenvalue weighted by Gasteiger charge is -2.18. The Morgan fingerprint density at radius 2 is 1.66 bits per heavy atom. The van der Waals surface area contributed by atoms with Crippen LogP contribution in [-0.4, -0.2) is 42.4 Å². The summed E-state index contributed by atoms with van der Waals surface area (Å²) in [5.41, 5.74) is 0.133. The monoisotopic (exact) mass is 402 g/mol. The van der Waals surface area contributed by atoms with Gasteiger partial charge >= 0.3 is 0 Å². The molecule has 6 nitrogen and oxygen atoms in total. The van der Waals surface area contributed by atoms with E-state index in [-0.39, 0.29) is 17.4 Å². The largest absolute Gasteiger partial charge is 0.387 e. The zero-order valence-electron chi connectivity index (χ0n) is 17.9. The van der Waals surface area contributed by atoms with Crippen LogP contribution in [0.25, 0.3) is 0 Å². The van der Waals surface area contributed by atoms with Crippen LogP contribution in [0, 0.1) is 11.3 Å². The Kier molecular flexibility index (Phi) is 11.3. The average Bonchev–Trinajstić information content (AvgIpc) is 3.12. The fourth-order valence-electron chi connectivity index (χ4n) is 4.19. The Labute approximate surface area is 176 Å². The third-order valence-corrected chi connectivity index (χ3v) is 6.00. The van der Waals surface area contributed by atoms with Crippen molar-refractivity contribution in [2.75, 3.05) is 19.6 Å². The van der Waals surface area contributed by atoms with E-state index in [0.717, 1.165) is 25.8 Å². The van der Waals surface area contributed by atoms with Crippen LogP contribution in [0.2, 0.25) is 0 Å². The standard InChI is InChI=1S/C23H38N4O2/c24-18-20(23(29)25-15-11-17-27-16-10-14-22(27)28)19-26-21-12-8-6-4-2-1-3-5-7-9-13-21/h19,21,26H,1-17H2,(H,25,29)/b20-19-. The maximum absolute atomic E-state index is 12.3. The molecule has 1 heterocycles. The van der Waals surface area contributed by atoms with Crippen molar-refractivity contribution in [1.82, 2.24) is 15.5 Å². The number of nitrogens with zero attached hydrogens (tertiary/aromatic N) is 2. The highest BCUT2D eigenvalue weighted by atomic mass is 16.2. The Morgan fingerprint density at radius 1 is 1.03 bits per heavy atom. The fourth-order valence-corrected chi connectivity index (χ4v) is 4.19. The van der Waals surface area contributed by atoms with Crippen molar-refractivity contribution in [3.63, 3.8) is 0 Å². The Balaban J connectivity index is 1.73. The van der Waals surface area contributed by atoms with Crippen LogP contribution in [0.1, 0.15) is 89.9 Å². The van der Waals surface area contributed by atoms with Crippen molar-refractivity contribution >= 4 is 11.8 Å². The molecule has 162 valence electrons. The number of hydrogen-bond donors (Lipinski definition) is 2. The quantitative estimate of drug-likeness (QED) is 0.385. The lowest BCUT2D eigenvalue weighted by molar-refractivity contribution is -0.127. The number of rotatable bonds is 7. The van der Waals surface area contributed by atoms with E-state index in [1.54, 1.807) is 6.20 Å². The van der Waals surface area contributed by atoms with Gasteiger partial charge in [0.05, 0.1) is 0 Å². The van der Waals surface area contributed by atoms with Crippen LogP contribution < -0.4 is 10.6 Å². The molecule has 0 bridgehead atoms. The molecule has 2 N–H and O–H groups in total. The van der Waals surface area contributed by atoms with Gasteiger partial charge in [0.1, 0.15) is 11.6 Å². The van der Waals surface area contributed by atoms with Gasteiger partial charge in [-0.25, -0.2) is 0 Å². The average molecular weight is 403 g/mol. The molecule has 1 aliphatic heterocycles. The van der Waals surface area contributed by atoms with Gasteiger partial charge in [-0.05, 0) is 25.7 Å². The first-order chi connectivity index (χ1) is 14.2. The van der Waals surface area contributed by atoms with Gasteiger partial charge in [0, 0.05) is 38.3 Å². The number of carbonyl (C=O) groups is 2. The third kappa shape index (κ3) is 9.34. The van der Waals surface area contributed by atoms with E-state index >= 15 is 0 Å². The maximum atomic E-state index is 12.3.